The largest absolute Gasteiger partial charge is 0.497 e. The highest BCUT2D eigenvalue weighted by Crippen LogP contribution is 2.40. The summed E-state index contributed by atoms with van der Waals surface area (Å²) in [5, 5.41) is 22.5. The summed E-state index contributed by atoms with van der Waals surface area (Å²) in [6.07, 6.45) is 2.73. The van der Waals surface area contributed by atoms with Crippen molar-refractivity contribution in [1.29, 1.82) is 5.26 Å². The van der Waals surface area contributed by atoms with E-state index in [1.54, 1.807) is 7.11 Å². The molecule has 1 heterocycles. The van der Waals surface area contributed by atoms with Gasteiger partial charge in [0.15, 0.2) is 0 Å². The van der Waals surface area contributed by atoms with Crippen molar-refractivity contribution >= 4 is 28.2 Å². The number of carboxylic acids is 1. The van der Waals surface area contributed by atoms with Gasteiger partial charge in [-0.1, -0.05) is 25.0 Å². The minimum atomic E-state index is -0.929. The SMILES string of the molecule is COc1ccc(-c2c(C)sc(NC(=O)[C@@H]3CCCC[C@H]3C(=O)O)c2C#N)cc1. The lowest BCUT2D eigenvalue weighted by Crippen LogP contribution is -2.36. The van der Waals surface area contributed by atoms with Crippen molar-refractivity contribution in [2.24, 2.45) is 11.8 Å². The number of thiophene rings is 1. The number of nitrogens with one attached hydrogen (secondary N) is 1. The molecule has 28 heavy (non-hydrogen) atoms. The number of carbonyl (C=O) groups is 2. The second-order valence-electron chi connectivity index (χ2n) is 6.90. The number of hydrogen-bond acceptors (Lipinski definition) is 5. The summed E-state index contributed by atoms with van der Waals surface area (Å²) in [5.74, 6) is -1.75. The number of carbonyl (C=O) groups excluding carboxylic acids is 1. The van der Waals surface area contributed by atoms with Crippen LogP contribution in [0.4, 0.5) is 5.00 Å². The summed E-state index contributed by atoms with van der Waals surface area (Å²) in [4.78, 5) is 25.2. The molecule has 1 aromatic heterocycles. The van der Waals surface area contributed by atoms with Crippen molar-refractivity contribution in [1.82, 2.24) is 0 Å². The second-order valence-corrected chi connectivity index (χ2v) is 8.13. The number of benzene rings is 1. The van der Waals surface area contributed by atoms with Crippen LogP contribution < -0.4 is 10.1 Å². The maximum Gasteiger partial charge on any atom is 0.307 e. The van der Waals surface area contributed by atoms with E-state index >= 15 is 0 Å². The predicted octanol–water partition coefficient (Wildman–Crippen LogP) is 4.43. The van der Waals surface area contributed by atoms with Crippen LogP contribution in [0.25, 0.3) is 11.1 Å². The molecule has 2 atom stereocenters. The molecule has 1 amide bonds. The maximum atomic E-state index is 12.8. The van der Waals surface area contributed by atoms with Gasteiger partial charge in [-0.3, -0.25) is 9.59 Å². The van der Waals surface area contributed by atoms with Gasteiger partial charge < -0.3 is 15.2 Å². The molecule has 0 unspecified atom stereocenters. The highest BCUT2D eigenvalue weighted by atomic mass is 32.1. The van der Waals surface area contributed by atoms with Gasteiger partial charge in [0.2, 0.25) is 5.91 Å². The van der Waals surface area contributed by atoms with E-state index in [-0.39, 0.29) is 5.91 Å². The first-order valence-corrected chi connectivity index (χ1v) is 9.99. The topological polar surface area (TPSA) is 99.4 Å². The maximum absolute atomic E-state index is 12.8. The number of rotatable bonds is 5. The Morgan fingerprint density at radius 1 is 1.21 bits per heavy atom. The van der Waals surface area contributed by atoms with Crippen molar-refractivity contribution in [3.8, 4) is 22.9 Å². The van der Waals surface area contributed by atoms with Crippen molar-refractivity contribution in [2.45, 2.75) is 32.6 Å². The lowest BCUT2D eigenvalue weighted by molar-refractivity contribution is -0.147. The van der Waals surface area contributed by atoms with Crippen LogP contribution in [0.5, 0.6) is 5.75 Å². The zero-order valence-electron chi connectivity index (χ0n) is 15.8. The van der Waals surface area contributed by atoms with E-state index in [2.05, 4.69) is 11.4 Å². The number of aryl methyl sites for hydroxylation is 1. The molecule has 7 heteroatoms. The molecule has 1 aliphatic rings. The van der Waals surface area contributed by atoms with E-state index in [0.29, 0.717) is 23.4 Å². The first-order valence-electron chi connectivity index (χ1n) is 9.17. The molecular formula is C21H22N2O4S. The van der Waals surface area contributed by atoms with Gasteiger partial charge >= 0.3 is 5.97 Å². The van der Waals surface area contributed by atoms with Gasteiger partial charge in [0, 0.05) is 10.4 Å². The number of hydrogen-bond donors (Lipinski definition) is 2. The van der Waals surface area contributed by atoms with Gasteiger partial charge in [-0.05, 0) is 37.5 Å². The van der Waals surface area contributed by atoms with E-state index in [9.17, 15) is 20.0 Å². The molecule has 146 valence electrons. The third-order valence-electron chi connectivity index (χ3n) is 5.23. The Kier molecular flexibility index (Phi) is 6.00. The van der Waals surface area contributed by atoms with E-state index in [4.69, 9.17) is 4.74 Å². The minimum Gasteiger partial charge on any atom is -0.497 e. The fourth-order valence-electron chi connectivity index (χ4n) is 3.79. The van der Waals surface area contributed by atoms with E-state index in [1.165, 1.54) is 11.3 Å². The van der Waals surface area contributed by atoms with Crippen molar-refractivity contribution in [2.75, 3.05) is 12.4 Å². The number of nitriles is 1. The Bertz CT molecular complexity index is 927. The third kappa shape index (κ3) is 3.87. The molecule has 1 aliphatic carbocycles. The summed E-state index contributed by atoms with van der Waals surface area (Å²) in [7, 11) is 1.59. The first kappa shape index (κ1) is 19.9. The molecule has 1 saturated carbocycles. The number of anilines is 1. The summed E-state index contributed by atoms with van der Waals surface area (Å²) < 4.78 is 5.18. The number of carboxylic acid groups (broad SMARTS) is 1. The fraction of sp³-hybridized carbons (Fsp3) is 0.381. The Labute approximate surface area is 167 Å². The van der Waals surface area contributed by atoms with Gasteiger partial charge in [0.05, 0.1) is 24.5 Å². The normalized spacial score (nSPS) is 18.9. The lowest BCUT2D eigenvalue weighted by atomic mass is 9.79. The third-order valence-corrected chi connectivity index (χ3v) is 6.25. The Hall–Kier alpha value is -2.85. The number of ether oxygens (including phenoxy) is 1. The molecule has 6 nitrogen and oxygen atoms in total. The van der Waals surface area contributed by atoms with Crippen LogP contribution in [-0.2, 0) is 9.59 Å². The molecule has 2 aromatic rings. The zero-order chi connectivity index (χ0) is 20.3. The molecule has 1 aromatic carbocycles. The Morgan fingerprint density at radius 3 is 2.43 bits per heavy atom. The molecule has 2 N–H and O–H groups in total. The van der Waals surface area contributed by atoms with Crippen LogP contribution in [0, 0.1) is 30.1 Å². The number of amides is 1. The van der Waals surface area contributed by atoms with Gasteiger partial charge in [-0.15, -0.1) is 11.3 Å². The fourth-order valence-corrected chi connectivity index (χ4v) is 4.82. The van der Waals surface area contributed by atoms with E-state index < -0.39 is 17.8 Å². The van der Waals surface area contributed by atoms with Crippen LogP contribution in [0.2, 0.25) is 0 Å². The van der Waals surface area contributed by atoms with Crippen LogP contribution in [0.3, 0.4) is 0 Å². The van der Waals surface area contributed by atoms with Crippen LogP contribution in [-0.4, -0.2) is 24.1 Å². The molecule has 0 bridgehead atoms. The number of nitrogens with zero attached hydrogens (tertiary/aromatic N) is 1. The van der Waals surface area contributed by atoms with Gasteiger partial charge in [-0.25, -0.2) is 0 Å². The van der Waals surface area contributed by atoms with Crippen molar-refractivity contribution < 1.29 is 19.4 Å². The highest BCUT2D eigenvalue weighted by Gasteiger charge is 2.36. The summed E-state index contributed by atoms with van der Waals surface area (Å²) >= 11 is 1.34. The van der Waals surface area contributed by atoms with Crippen LogP contribution >= 0.6 is 11.3 Å². The summed E-state index contributed by atoms with van der Waals surface area (Å²) in [5.41, 5.74) is 2.06. The van der Waals surface area contributed by atoms with Crippen LogP contribution in [0.15, 0.2) is 24.3 Å². The number of aliphatic carboxylic acids is 1. The molecule has 0 saturated heterocycles. The summed E-state index contributed by atoms with van der Waals surface area (Å²) in [6, 6.07) is 9.61. The monoisotopic (exact) mass is 398 g/mol. The second kappa shape index (κ2) is 8.44. The molecule has 1 fully saturated rings. The van der Waals surface area contributed by atoms with Crippen LogP contribution in [0.1, 0.15) is 36.1 Å². The Balaban J connectivity index is 1.89. The smallest absolute Gasteiger partial charge is 0.307 e. The molecule has 0 spiro atoms. The molecule has 3 rings (SSSR count). The quantitative estimate of drug-likeness (QED) is 0.776. The standard InChI is InChI=1S/C21H22N2O4S/c1-12-18(13-7-9-14(27-2)10-8-13)17(11-22)20(28-12)23-19(24)15-5-3-4-6-16(15)21(25)26/h7-10,15-16H,3-6H2,1-2H3,(H,23,24)(H,25,26)/t15-,16-/m1/s1. The molecule has 0 radical (unpaired) electrons. The summed E-state index contributed by atoms with van der Waals surface area (Å²) in [6.45, 7) is 1.90. The van der Waals surface area contributed by atoms with E-state index in [1.807, 2.05) is 31.2 Å². The lowest BCUT2D eigenvalue weighted by Gasteiger charge is -2.27. The highest BCUT2D eigenvalue weighted by molar-refractivity contribution is 7.17. The van der Waals surface area contributed by atoms with Crippen molar-refractivity contribution in [3.63, 3.8) is 0 Å². The predicted molar refractivity (Wildman–Crippen MR) is 107 cm³/mol. The van der Waals surface area contributed by atoms with Gasteiger partial charge in [0.1, 0.15) is 16.8 Å². The average Bonchev–Trinajstić information content (AvgIpc) is 3.02. The van der Waals surface area contributed by atoms with Gasteiger partial charge in [0.25, 0.3) is 0 Å². The first-order chi connectivity index (χ1) is 13.5. The average molecular weight is 398 g/mol. The van der Waals surface area contributed by atoms with Gasteiger partial charge in [-0.2, -0.15) is 5.26 Å². The molecular weight excluding hydrogens is 376 g/mol. The van der Waals surface area contributed by atoms with Crippen molar-refractivity contribution in [3.05, 3.63) is 34.7 Å². The minimum absolute atomic E-state index is 0.314. The number of methoxy groups -OCH3 is 1. The molecule has 0 aliphatic heterocycles. The Morgan fingerprint density at radius 2 is 1.86 bits per heavy atom. The zero-order valence-corrected chi connectivity index (χ0v) is 16.6. The van der Waals surface area contributed by atoms with E-state index in [0.717, 1.165) is 34.6 Å².